The molecule has 0 heterocycles. The Morgan fingerprint density at radius 2 is 1.11 bits per heavy atom. The molecule has 2 aromatic carbocycles. The maximum absolute atomic E-state index is 12.1. The molecule has 0 spiro atoms. The lowest BCUT2D eigenvalue weighted by atomic mass is 10.0. The molecule has 0 saturated heterocycles. The van der Waals surface area contributed by atoms with Crippen LogP contribution in [-0.4, -0.2) is 6.18 Å². The van der Waals surface area contributed by atoms with E-state index in [4.69, 9.17) is 0 Å². The fourth-order valence-corrected chi connectivity index (χ4v) is 2.89. The van der Waals surface area contributed by atoms with Crippen molar-refractivity contribution in [3.63, 3.8) is 0 Å². The Kier molecular flexibility index (Phi) is 8.45. The molecule has 0 atom stereocenters. The summed E-state index contributed by atoms with van der Waals surface area (Å²) in [4.78, 5) is 0. The third kappa shape index (κ3) is 8.82. The number of unbranched alkanes of at least 4 members (excludes halogenated alkanes) is 3. The summed E-state index contributed by atoms with van der Waals surface area (Å²) >= 11 is 0. The molecule has 0 N–H and O–H groups in total. The Balaban J connectivity index is 1.82. The summed E-state index contributed by atoms with van der Waals surface area (Å²) < 4.78 is 36.4. The lowest BCUT2D eigenvalue weighted by Crippen LogP contribution is -2.06. The van der Waals surface area contributed by atoms with Gasteiger partial charge >= 0.3 is 6.18 Å². The van der Waals surface area contributed by atoms with Crippen LogP contribution in [-0.2, 0) is 12.8 Å². The van der Waals surface area contributed by atoms with Crippen molar-refractivity contribution in [2.45, 2.75) is 64.5 Å². The van der Waals surface area contributed by atoms with Crippen molar-refractivity contribution in [2.24, 2.45) is 0 Å². The topological polar surface area (TPSA) is 0 Å². The molecule has 2 aromatic rings. The van der Waals surface area contributed by atoms with Crippen molar-refractivity contribution in [1.29, 1.82) is 0 Å². The van der Waals surface area contributed by atoms with Gasteiger partial charge in [-0.15, -0.1) is 0 Å². The van der Waals surface area contributed by atoms with Crippen LogP contribution in [0.2, 0.25) is 0 Å². The predicted molar refractivity (Wildman–Crippen MR) is 106 cm³/mol. The Labute approximate surface area is 160 Å². The molecule has 2 rings (SSSR count). The summed E-state index contributed by atoms with van der Waals surface area (Å²) in [6, 6.07) is 16.2. The number of benzene rings is 2. The number of hydrogen-bond acceptors (Lipinski definition) is 0. The largest absolute Gasteiger partial charge is 0.389 e. The first-order valence-electron chi connectivity index (χ1n) is 9.73. The van der Waals surface area contributed by atoms with Gasteiger partial charge in [-0.1, -0.05) is 55.9 Å². The molecule has 0 unspecified atom stereocenters. The third-order valence-electron chi connectivity index (χ3n) is 4.50. The molecule has 0 aromatic heterocycles. The normalized spacial score (nSPS) is 11.1. The monoisotopic (exact) mass is 372 g/mol. The number of hydrogen-bond donors (Lipinski definition) is 0. The molecule has 0 nitrogen and oxygen atoms in total. The van der Waals surface area contributed by atoms with Gasteiger partial charge in [-0.25, -0.2) is 0 Å². The highest BCUT2D eigenvalue weighted by Gasteiger charge is 2.25. The molecular weight excluding hydrogens is 345 g/mol. The number of aryl methyl sites for hydroxylation is 2. The van der Waals surface area contributed by atoms with Gasteiger partial charge in [-0.2, -0.15) is 13.2 Å². The first-order chi connectivity index (χ1) is 13.0. The van der Waals surface area contributed by atoms with Crippen molar-refractivity contribution in [2.75, 3.05) is 0 Å². The van der Waals surface area contributed by atoms with E-state index in [1.165, 1.54) is 24.8 Å². The van der Waals surface area contributed by atoms with Crippen LogP contribution in [0.5, 0.6) is 0 Å². The standard InChI is InChI=1S/C24H27F3/c1-2-3-4-7-20-9-13-22(14-10-20)17-18-23-15-11-21(12-16-23)8-5-6-19-24(25,26)27/h9-16H,2-8,19H2,1H3. The maximum atomic E-state index is 12.1. The van der Waals surface area contributed by atoms with Crippen LogP contribution in [0.3, 0.4) is 0 Å². The van der Waals surface area contributed by atoms with E-state index in [1.807, 2.05) is 24.3 Å². The molecule has 0 aliphatic carbocycles. The van der Waals surface area contributed by atoms with E-state index in [1.54, 1.807) is 0 Å². The first kappa shape index (κ1) is 21.1. The first-order valence-corrected chi connectivity index (χ1v) is 9.73. The minimum absolute atomic E-state index is 0.180. The molecule has 3 heteroatoms. The van der Waals surface area contributed by atoms with E-state index in [-0.39, 0.29) is 6.42 Å². The van der Waals surface area contributed by atoms with E-state index < -0.39 is 12.6 Å². The van der Waals surface area contributed by atoms with Crippen LogP contribution < -0.4 is 0 Å². The molecule has 144 valence electrons. The van der Waals surface area contributed by atoms with Gasteiger partial charge in [0, 0.05) is 17.5 Å². The highest BCUT2D eigenvalue weighted by Crippen LogP contribution is 2.22. The second kappa shape index (κ2) is 10.8. The zero-order valence-corrected chi connectivity index (χ0v) is 15.9. The Morgan fingerprint density at radius 1 is 0.667 bits per heavy atom. The van der Waals surface area contributed by atoms with Crippen molar-refractivity contribution in [3.8, 4) is 11.8 Å². The fraction of sp³-hybridized carbons (Fsp3) is 0.417. The fourth-order valence-electron chi connectivity index (χ4n) is 2.89. The van der Waals surface area contributed by atoms with Crippen molar-refractivity contribution in [1.82, 2.24) is 0 Å². The van der Waals surface area contributed by atoms with Gasteiger partial charge < -0.3 is 0 Å². The van der Waals surface area contributed by atoms with Crippen molar-refractivity contribution >= 4 is 0 Å². The van der Waals surface area contributed by atoms with E-state index in [2.05, 4.69) is 43.0 Å². The predicted octanol–water partition coefficient (Wildman–Crippen LogP) is 7.09. The van der Waals surface area contributed by atoms with Gasteiger partial charge in [-0.3, -0.25) is 0 Å². The van der Waals surface area contributed by atoms with Crippen LogP contribution in [0.4, 0.5) is 13.2 Å². The van der Waals surface area contributed by atoms with Gasteiger partial charge in [0.25, 0.3) is 0 Å². The average Bonchev–Trinajstić information content (AvgIpc) is 2.65. The number of rotatable bonds is 8. The van der Waals surface area contributed by atoms with E-state index in [9.17, 15) is 13.2 Å². The van der Waals surface area contributed by atoms with Gasteiger partial charge in [0.05, 0.1) is 0 Å². The number of halogens is 3. The zero-order chi connectivity index (χ0) is 19.5. The molecule has 0 saturated carbocycles. The van der Waals surface area contributed by atoms with E-state index in [0.29, 0.717) is 12.8 Å². The second-order valence-corrected chi connectivity index (χ2v) is 6.92. The summed E-state index contributed by atoms with van der Waals surface area (Å²) in [7, 11) is 0. The minimum atomic E-state index is -4.05. The summed E-state index contributed by atoms with van der Waals surface area (Å²) in [5.74, 6) is 6.32. The van der Waals surface area contributed by atoms with Gasteiger partial charge in [0.1, 0.15) is 0 Å². The Morgan fingerprint density at radius 3 is 1.52 bits per heavy atom. The van der Waals surface area contributed by atoms with E-state index >= 15 is 0 Å². The highest BCUT2D eigenvalue weighted by molar-refractivity contribution is 5.44. The quantitative estimate of drug-likeness (QED) is 0.343. The summed E-state index contributed by atoms with van der Waals surface area (Å²) in [6.07, 6.45) is 1.49. The van der Waals surface area contributed by atoms with Crippen LogP contribution in [0, 0.1) is 11.8 Å². The second-order valence-electron chi connectivity index (χ2n) is 6.92. The molecule has 0 aliphatic heterocycles. The molecule has 0 bridgehead atoms. The van der Waals surface area contributed by atoms with Gasteiger partial charge in [0.15, 0.2) is 0 Å². The molecular formula is C24H27F3. The average molecular weight is 372 g/mol. The summed E-state index contributed by atoms with van der Waals surface area (Å²) in [5.41, 5.74) is 4.31. The van der Waals surface area contributed by atoms with Gasteiger partial charge in [0.2, 0.25) is 0 Å². The minimum Gasteiger partial charge on any atom is -0.171 e. The van der Waals surface area contributed by atoms with Crippen LogP contribution in [0.25, 0.3) is 0 Å². The number of alkyl halides is 3. The SMILES string of the molecule is CCCCCc1ccc(C#Cc2ccc(CCCCC(F)(F)F)cc2)cc1. The molecule has 27 heavy (non-hydrogen) atoms. The maximum Gasteiger partial charge on any atom is 0.389 e. The third-order valence-corrected chi connectivity index (χ3v) is 4.50. The van der Waals surface area contributed by atoms with Crippen LogP contribution in [0.1, 0.15) is 67.7 Å². The molecule has 0 radical (unpaired) electrons. The Hall–Kier alpha value is -2.21. The van der Waals surface area contributed by atoms with Crippen LogP contribution >= 0.6 is 0 Å². The summed E-state index contributed by atoms with van der Waals surface area (Å²) in [5, 5.41) is 0. The van der Waals surface area contributed by atoms with Crippen molar-refractivity contribution in [3.05, 3.63) is 70.8 Å². The summed E-state index contributed by atoms with van der Waals surface area (Å²) in [6.45, 7) is 2.21. The molecule has 0 amide bonds. The van der Waals surface area contributed by atoms with E-state index in [0.717, 1.165) is 23.1 Å². The lowest BCUT2D eigenvalue weighted by molar-refractivity contribution is -0.135. The lowest BCUT2D eigenvalue weighted by Gasteiger charge is -2.05. The zero-order valence-electron chi connectivity index (χ0n) is 15.9. The van der Waals surface area contributed by atoms with Crippen LogP contribution in [0.15, 0.2) is 48.5 Å². The smallest absolute Gasteiger partial charge is 0.171 e. The molecule has 0 aliphatic rings. The molecule has 0 fully saturated rings. The van der Waals surface area contributed by atoms with Crippen molar-refractivity contribution < 1.29 is 13.2 Å². The van der Waals surface area contributed by atoms with Gasteiger partial charge in [-0.05, 0) is 67.5 Å². The Bertz CT molecular complexity index is 728. The highest BCUT2D eigenvalue weighted by atomic mass is 19.4.